The second-order valence-corrected chi connectivity index (χ2v) is 12.5. The van der Waals surface area contributed by atoms with Crippen LogP contribution in [0.2, 0.25) is 6.04 Å². The fraction of sp³-hybridized carbons (Fsp3) is 1.00. The minimum atomic E-state index is -4.31. The molecule has 16 nitrogen and oxygen atoms in total. The predicted molar refractivity (Wildman–Crippen MR) is 176 cm³/mol. The van der Waals surface area contributed by atoms with Gasteiger partial charge in [-0.1, -0.05) is 0 Å². The topological polar surface area (TPSA) is 148 Å². The van der Waals surface area contributed by atoms with Gasteiger partial charge in [0.15, 0.2) is 18.9 Å². The smallest absolute Gasteiger partial charge is 0.373 e. The van der Waals surface area contributed by atoms with Crippen LogP contribution in [-0.4, -0.2) is 140 Å². The molecule has 0 N–H and O–H groups in total. The maximum atomic E-state index is 6.79. The highest BCUT2D eigenvalue weighted by Gasteiger charge is 2.60. The predicted octanol–water partition coefficient (Wildman–Crippen LogP) is 4.22. The normalized spacial score (nSPS) is 19.2. The summed E-state index contributed by atoms with van der Waals surface area (Å²) in [5.41, 5.74) is 0. The second-order valence-electron chi connectivity index (χ2n) is 10.0. The second kappa shape index (κ2) is 26.4. The van der Waals surface area contributed by atoms with E-state index in [0.717, 1.165) is 0 Å². The summed E-state index contributed by atoms with van der Waals surface area (Å²) in [6, 6.07) is 0.0887. The maximum Gasteiger partial charge on any atom is 0.512 e. The minimum absolute atomic E-state index is 0.0887. The van der Waals surface area contributed by atoms with Crippen LogP contribution < -0.4 is 0 Å². The highest BCUT2D eigenvalue weighted by molar-refractivity contribution is 6.61. The van der Waals surface area contributed by atoms with E-state index in [1.54, 1.807) is 48.7 Å². The van der Waals surface area contributed by atoms with Gasteiger partial charge in [-0.25, -0.2) is 0 Å². The zero-order valence-corrected chi connectivity index (χ0v) is 32.7. The summed E-state index contributed by atoms with van der Waals surface area (Å²) in [5.74, 6) is -5.35. The van der Waals surface area contributed by atoms with Gasteiger partial charge in [-0.3, -0.25) is 0 Å². The monoisotopic (exact) mass is 722 g/mol. The van der Waals surface area contributed by atoms with Crippen molar-refractivity contribution in [3.05, 3.63) is 0 Å². The van der Waals surface area contributed by atoms with Gasteiger partial charge in [0.05, 0.1) is 0 Å². The first-order valence-electron chi connectivity index (χ1n) is 16.8. The Morgan fingerprint density at radius 2 is 0.875 bits per heavy atom. The van der Waals surface area contributed by atoms with Gasteiger partial charge in [0.1, 0.15) is 19.8 Å². The van der Waals surface area contributed by atoms with Crippen LogP contribution in [0.5, 0.6) is 0 Å². The van der Waals surface area contributed by atoms with E-state index in [1.807, 2.05) is 20.8 Å². The minimum Gasteiger partial charge on any atom is -0.373 e. The SMILES string of the molecule is CCOCC(OC)(OCC)O[Si](CCCOC(C)OC(C)OC(C)OC)(OC(COCC)(OC)OCC)OC(COCC)(OC)OCC. The fourth-order valence-electron chi connectivity index (χ4n) is 4.25. The van der Waals surface area contributed by atoms with Crippen molar-refractivity contribution in [2.75, 3.05) is 94.5 Å². The third kappa shape index (κ3) is 17.7. The van der Waals surface area contributed by atoms with Crippen LogP contribution in [0, 0.1) is 0 Å². The third-order valence-electron chi connectivity index (χ3n) is 6.49. The molecule has 0 aromatic heterocycles. The first-order valence-corrected chi connectivity index (χ1v) is 18.7. The molecule has 6 atom stereocenters. The average molecular weight is 723 g/mol. The molecule has 0 radical (unpaired) electrons. The Balaban J connectivity index is 6.98. The Morgan fingerprint density at radius 1 is 0.500 bits per heavy atom. The van der Waals surface area contributed by atoms with Gasteiger partial charge in [0.2, 0.25) is 0 Å². The van der Waals surface area contributed by atoms with Gasteiger partial charge >= 0.3 is 26.7 Å². The van der Waals surface area contributed by atoms with Crippen molar-refractivity contribution in [1.29, 1.82) is 0 Å². The van der Waals surface area contributed by atoms with E-state index in [0.29, 0.717) is 26.2 Å². The van der Waals surface area contributed by atoms with Crippen LogP contribution >= 0.6 is 0 Å². The Labute approximate surface area is 289 Å². The third-order valence-corrected chi connectivity index (χ3v) is 9.32. The summed E-state index contributed by atoms with van der Waals surface area (Å²) in [5, 5.41) is 0. The number of rotatable bonds is 34. The van der Waals surface area contributed by atoms with Crippen LogP contribution in [-0.2, 0) is 74.9 Å². The summed E-state index contributed by atoms with van der Waals surface area (Å²) < 4.78 is 95.8. The molecule has 0 aromatic rings. The highest BCUT2D eigenvalue weighted by Crippen LogP contribution is 2.36. The van der Waals surface area contributed by atoms with Crippen molar-refractivity contribution < 1.29 is 74.9 Å². The van der Waals surface area contributed by atoms with Crippen molar-refractivity contribution in [3.63, 3.8) is 0 Å². The summed E-state index contributed by atoms with van der Waals surface area (Å²) in [7, 11) is 1.54. The standard InChI is InChI=1S/C31H66O16Si/c1-14-36-23-29(33-11,40-17-4)45-48(46-30(34-12,41-18-5)24-37-15-2,47-31(35-13,42-19-6)25-38-16-3)22-20-21-39-27(8)44-28(9)43-26(7)32-10/h26-28H,14-25H2,1-13H3. The van der Waals surface area contributed by atoms with Crippen LogP contribution in [0.1, 0.15) is 68.7 Å². The molecule has 17 heteroatoms. The molecule has 0 aliphatic rings. The maximum absolute atomic E-state index is 6.79. The molecule has 0 heterocycles. The summed E-state index contributed by atoms with van der Waals surface area (Å²) in [6.07, 6.45) is -1.32. The number of ether oxygens (including phenoxy) is 13. The molecule has 0 saturated carbocycles. The van der Waals surface area contributed by atoms with Gasteiger partial charge in [-0.15, -0.1) is 0 Å². The first kappa shape index (κ1) is 47.6. The molecule has 290 valence electrons. The van der Waals surface area contributed by atoms with Crippen molar-refractivity contribution in [1.82, 2.24) is 0 Å². The number of hydrogen-bond donors (Lipinski definition) is 0. The molecule has 48 heavy (non-hydrogen) atoms. The van der Waals surface area contributed by atoms with E-state index >= 15 is 0 Å². The molecule has 6 unspecified atom stereocenters. The molecular formula is C31H66O16Si. The van der Waals surface area contributed by atoms with E-state index in [9.17, 15) is 0 Å². The van der Waals surface area contributed by atoms with Crippen LogP contribution in [0.25, 0.3) is 0 Å². The molecule has 0 aliphatic heterocycles. The van der Waals surface area contributed by atoms with Gasteiger partial charge < -0.3 is 74.9 Å². The van der Waals surface area contributed by atoms with Crippen molar-refractivity contribution in [2.45, 2.75) is 112 Å². The quantitative estimate of drug-likeness (QED) is 0.0530. The Morgan fingerprint density at radius 3 is 1.19 bits per heavy atom. The molecule has 0 amide bonds. The van der Waals surface area contributed by atoms with Crippen LogP contribution in [0.4, 0.5) is 0 Å². The van der Waals surface area contributed by atoms with Crippen molar-refractivity contribution in [2.24, 2.45) is 0 Å². The average Bonchev–Trinajstić information content (AvgIpc) is 3.07. The lowest BCUT2D eigenvalue weighted by Gasteiger charge is -2.46. The van der Waals surface area contributed by atoms with Crippen molar-refractivity contribution >= 4 is 8.80 Å². The Hall–Kier alpha value is -0.423. The number of methoxy groups -OCH3 is 4. The molecule has 0 saturated heterocycles. The lowest BCUT2D eigenvalue weighted by atomic mass is 10.5. The summed E-state index contributed by atoms with van der Waals surface area (Å²) >= 11 is 0. The van der Waals surface area contributed by atoms with Crippen molar-refractivity contribution in [3.8, 4) is 0 Å². The lowest BCUT2D eigenvalue weighted by Crippen LogP contribution is -2.66. The largest absolute Gasteiger partial charge is 0.512 e. The molecular weight excluding hydrogens is 656 g/mol. The van der Waals surface area contributed by atoms with E-state index in [2.05, 4.69) is 0 Å². The zero-order chi connectivity index (χ0) is 36.5. The highest BCUT2D eigenvalue weighted by atomic mass is 28.4. The summed E-state index contributed by atoms with van der Waals surface area (Å²) in [6.45, 7) is 17.7. The molecule has 0 aliphatic carbocycles. The molecule has 0 spiro atoms. The molecule has 0 bridgehead atoms. The van der Waals surface area contributed by atoms with E-state index < -0.39 is 45.6 Å². The van der Waals surface area contributed by atoms with Gasteiger partial charge in [-0.05, 0) is 68.7 Å². The summed E-state index contributed by atoms with van der Waals surface area (Å²) in [4.78, 5) is 0. The lowest BCUT2D eigenvalue weighted by molar-refractivity contribution is -0.419. The van der Waals surface area contributed by atoms with Gasteiger partial charge in [0.25, 0.3) is 0 Å². The number of hydrogen-bond acceptors (Lipinski definition) is 16. The molecule has 0 fully saturated rings. The molecule has 0 rings (SSSR count). The van der Waals surface area contributed by atoms with Gasteiger partial charge in [-0.2, -0.15) is 0 Å². The van der Waals surface area contributed by atoms with Crippen LogP contribution in [0.15, 0.2) is 0 Å². The fourth-order valence-corrected chi connectivity index (χ4v) is 7.29. The Kier molecular flexibility index (Phi) is 26.1. The van der Waals surface area contributed by atoms with E-state index in [4.69, 9.17) is 74.9 Å². The van der Waals surface area contributed by atoms with E-state index in [1.165, 1.54) is 21.3 Å². The Bertz CT molecular complexity index is 703. The van der Waals surface area contributed by atoms with Crippen LogP contribution in [0.3, 0.4) is 0 Å². The molecule has 0 aromatic carbocycles. The zero-order valence-electron chi connectivity index (χ0n) is 31.7. The first-order chi connectivity index (χ1) is 22.9. The van der Waals surface area contributed by atoms with Gasteiger partial charge in [0, 0.05) is 80.7 Å². The van der Waals surface area contributed by atoms with E-state index in [-0.39, 0.29) is 52.3 Å².